The minimum atomic E-state index is -0.164. The Morgan fingerprint density at radius 1 is 1.23 bits per heavy atom. The third-order valence-corrected chi connectivity index (χ3v) is 7.03. The monoisotopic (exact) mass is 435 g/mol. The van der Waals surface area contributed by atoms with Crippen LogP contribution in [0.2, 0.25) is 0 Å². The van der Waals surface area contributed by atoms with Gasteiger partial charge in [0.1, 0.15) is 16.5 Å². The van der Waals surface area contributed by atoms with Crippen LogP contribution in [0.15, 0.2) is 42.6 Å². The fourth-order valence-corrected chi connectivity index (χ4v) is 5.25. The minimum absolute atomic E-state index is 0.164. The Labute approximate surface area is 185 Å². The predicted molar refractivity (Wildman–Crippen MR) is 124 cm³/mol. The lowest BCUT2D eigenvalue weighted by atomic mass is 10.0. The van der Waals surface area contributed by atoms with Crippen molar-refractivity contribution in [2.75, 3.05) is 32.0 Å². The summed E-state index contributed by atoms with van der Waals surface area (Å²) in [5, 5.41) is 7.61. The minimum Gasteiger partial charge on any atom is -0.365 e. The van der Waals surface area contributed by atoms with Crippen LogP contribution in [0.1, 0.15) is 22.7 Å². The van der Waals surface area contributed by atoms with Gasteiger partial charge in [0.25, 0.3) is 0 Å². The van der Waals surface area contributed by atoms with Gasteiger partial charge in [0, 0.05) is 43.3 Å². The van der Waals surface area contributed by atoms with E-state index in [4.69, 9.17) is 9.97 Å². The molecule has 0 spiro atoms. The van der Waals surface area contributed by atoms with E-state index in [0.29, 0.717) is 6.04 Å². The molecule has 31 heavy (non-hydrogen) atoms. The zero-order valence-electron chi connectivity index (χ0n) is 17.8. The average Bonchev–Trinajstić information content (AvgIpc) is 3.06. The number of fused-ring (bicyclic) bond motifs is 2. The van der Waals surface area contributed by atoms with E-state index in [1.807, 2.05) is 31.5 Å². The Bertz CT molecular complexity index is 1220. The van der Waals surface area contributed by atoms with Crippen LogP contribution in [0, 0.1) is 12.7 Å². The summed E-state index contributed by atoms with van der Waals surface area (Å²) < 4.78 is 13.6. The molecular weight excluding hydrogens is 409 g/mol. The molecule has 5 rings (SSSR count). The summed E-state index contributed by atoms with van der Waals surface area (Å²) in [5.41, 5.74) is 3.15. The predicted octanol–water partition coefficient (Wildman–Crippen LogP) is 2.55. The molecule has 1 saturated heterocycles. The van der Waals surface area contributed by atoms with E-state index >= 15 is 0 Å². The lowest BCUT2D eigenvalue weighted by Crippen LogP contribution is -2.52. The van der Waals surface area contributed by atoms with Gasteiger partial charge < -0.3 is 10.2 Å². The number of halogens is 1. The standard InChI is InChI=1S/C24H26FN5S/c1-16-28-22-23(21-18(6-4-10-26-21)14-27-24(22)31-16)30-12-11-29(2)20(15-30)9-8-17-5-3-7-19(25)13-17/h3-7,10,13-14,20,27H,8-9,11-12,15H2,1-2H3. The number of hydrogen-bond donors (Lipinski definition) is 1. The highest BCUT2D eigenvalue weighted by Crippen LogP contribution is 2.32. The van der Waals surface area contributed by atoms with Crippen molar-refractivity contribution in [1.82, 2.24) is 19.8 Å². The molecule has 1 fully saturated rings. The zero-order valence-corrected chi connectivity index (χ0v) is 18.6. The van der Waals surface area contributed by atoms with Crippen LogP contribution in [-0.4, -0.2) is 52.5 Å². The third kappa shape index (κ3) is 4.07. The molecule has 1 aromatic carbocycles. The Morgan fingerprint density at radius 2 is 2.13 bits per heavy atom. The van der Waals surface area contributed by atoms with Crippen LogP contribution in [0.4, 0.5) is 9.39 Å². The molecule has 0 amide bonds. The van der Waals surface area contributed by atoms with Gasteiger partial charge in [-0.15, -0.1) is 11.3 Å². The van der Waals surface area contributed by atoms with Gasteiger partial charge in [-0.25, -0.2) is 9.37 Å². The largest absolute Gasteiger partial charge is 0.365 e. The van der Waals surface area contributed by atoms with Crippen molar-refractivity contribution in [3.8, 4) is 0 Å². The van der Waals surface area contributed by atoms with Crippen LogP contribution < -0.4 is 15.9 Å². The molecule has 7 heteroatoms. The molecule has 4 heterocycles. The summed E-state index contributed by atoms with van der Waals surface area (Å²) in [7, 11) is 2.19. The molecule has 0 bridgehead atoms. The normalized spacial score (nSPS) is 18.6. The van der Waals surface area contributed by atoms with Crippen molar-refractivity contribution >= 4 is 28.2 Å². The highest BCUT2D eigenvalue weighted by molar-refractivity contribution is 7.16. The fourth-order valence-electron chi connectivity index (χ4n) is 4.46. The second kappa shape index (κ2) is 8.40. The van der Waals surface area contributed by atoms with Crippen LogP contribution in [0.5, 0.6) is 0 Å². The van der Waals surface area contributed by atoms with Crippen LogP contribution in [0.25, 0.3) is 11.9 Å². The van der Waals surface area contributed by atoms with Crippen molar-refractivity contribution in [3.05, 3.63) is 75.2 Å². The van der Waals surface area contributed by atoms with E-state index in [2.05, 4.69) is 28.2 Å². The van der Waals surface area contributed by atoms with E-state index in [-0.39, 0.29) is 5.82 Å². The van der Waals surface area contributed by atoms with Crippen molar-refractivity contribution < 1.29 is 4.39 Å². The number of anilines is 1. The molecule has 2 aliphatic rings. The molecule has 2 aliphatic heterocycles. The number of pyridine rings is 1. The Balaban J connectivity index is 1.48. The van der Waals surface area contributed by atoms with Crippen LogP contribution in [-0.2, 0) is 6.42 Å². The summed E-state index contributed by atoms with van der Waals surface area (Å²) in [4.78, 5) is 14.5. The first-order chi connectivity index (χ1) is 15.1. The molecule has 0 saturated carbocycles. The summed E-state index contributed by atoms with van der Waals surface area (Å²) in [6, 6.07) is 11.4. The molecule has 1 N–H and O–H groups in total. The van der Waals surface area contributed by atoms with Gasteiger partial charge in [0.2, 0.25) is 0 Å². The molecule has 0 aliphatic carbocycles. The van der Waals surface area contributed by atoms with Gasteiger partial charge in [-0.05, 0) is 56.6 Å². The Hall–Kier alpha value is -2.77. The number of nitrogens with zero attached hydrogens (tertiary/aromatic N) is 4. The number of likely N-dealkylation sites (N-methyl/N-ethyl adjacent to an activating group) is 1. The maximum Gasteiger partial charge on any atom is 0.124 e. The van der Waals surface area contributed by atoms with Crippen LogP contribution >= 0.6 is 11.3 Å². The molecule has 5 nitrogen and oxygen atoms in total. The van der Waals surface area contributed by atoms with E-state index in [1.165, 1.54) is 6.07 Å². The summed E-state index contributed by atoms with van der Waals surface area (Å²) in [6.45, 7) is 4.83. The lowest BCUT2D eigenvalue weighted by Gasteiger charge is -2.41. The molecular formula is C24H26FN5S. The molecule has 0 radical (unpaired) electrons. The second-order valence-electron chi connectivity index (χ2n) is 8.24. The van der Waals surface area contributed by atoms with E-state index in [1.54, 1.807) is 23.5 Å². The first-order valence-corrected chi connectivity index (χ1v) is 11.5. The van der Waals surface area contributed by atoms with Crippen molar-refractivity contribution in [1.29, 1.82) is 0 Å². The van der Waals surface area contributed by atoms with Gasteiger partial charge in [-0.3, -0.25) is 9.88 Å². The average molecular weight is 436 g/mol. The van der Waals surface area contributed by atoms with Gasteiger partial charge in [-0.2, -0.15) is 0 Å². The van der Waals surface area contributed by atoms with Gasteiger partial charge >= 0.3 is 0 Å². The van der Waals surface area contributed by atoms with E-state index in [0.717, 1.165) is 70.0 Å². The number of hydrogen-bond acceptors (Lipinski definition) is 6. The summed E-state index contributed by atoms with van der Waals surface area (Å²) in [6.07, 6.45) is 5.73. The van der Waals surface area contributed by atoms with E-state index < -0.39 is 0 Å². The van der Waals surface area contributed by atoms with Gasteiger partial charge in [0.05, 0.1) is 16.1 Å². The number of rotatable bonds is 4. The van der Waals surface area contributed by atoms with Gasteiger partial charge in [-0.1, -0.05) is 12.1 Å². The summed E-state index contributed by atoms with van der Waals surface area (Å²) in [5.74, 6) is -0.164. The van der Waals surface area contributed by atoms with Crippen molar-refractivity contribution in [3.63, 3.8) is 0 Å². The molecule has 3 aromatic rings. The van der Waals surface area contributed by atoms with Gasteiger partial charge in [0.15, 0.2) is 0 Å². The molecule has 160 valence electrons. The molecule has 1 unspecified atom stereocenters. The fraction of sp³-hybridized carbons (Fsp3) is 0.333. The number of nitrogens with one attached hydrogen (secondary N) is 1. The van der Waals surface area contributed by atoms with Crippen molar-refractivity contribution in [2.45, 2.75) is 25.8 Å². The molecule has 1 atom stereocenters. The number of thiazole rings is 1. The third-order valence-electron chi connectivity index (χ3n) is 6.13. The smallest absolute Gasteiger partial charge is 0.124 e. The number of benzene rings is 1. The number of aryl methyl sites for hydroxylation is 2. The summed E-state index contributed by atoms with van der Waals surface area (Å²) >= 11 is 1.68. The maximum absolute atomic E-state index is 13.6. The maximum atomic E-state index is 13.6. The number of piperazine rings is 1. The van der Waals surface area contributed by atoms with Crippen molar-refractivity contribution in [2.24, 2.45) is 0 Å². The van der Waals surface area contributed by atoms with E-state index in [9.17, 15) is 4.39 Å². The lowest BCUT2D eigenvalue weighted by molar-refractivity contribution is 0.127. The van der Waals surface area contributed by atoms with Crippen LogP contribution in [0.3, 0.4) is 0 Å². The highest BCUT2D eigenvalue weighted by atomic mass is 32.1. The Morgan fingerprint density at radius 3 is 3.00 bits per heavy atom. The topological polar surface area (TPSA) is 44.3 Å². The Kier molecular flexibility index (Phi) is 5.46. The first-order valence-electron chi connectivity index (χ1n) is 10.7. The second-order valence-corrected chi connectivity index (χ2v) is 9.44. The highest BCUT2D eigenvalue weighted by Gasteiger charge is 2.29. The first kappa shape index (κ1) is 20.2. The quantitative estimate of drug-likeness (QED) is 0.683. The zero-order chi connectivity index (χ0) is 21.4. The molecule has 2 aromatic heterocycles. The SMILES string of the molecule is Cc1nc2c(s1)NC=c1cccnc1=C2N1CCN(C)C(CCc2cccc(F)c2)C1. The number of aromatic nitrogens is 2.